The lowest BCUT2D eigenvalue weighted by Crippen LogP contribution is -2.18. The normalized spacial score (nSPS) is 18.1. The predicted octanol–water partition coefficient (Wildman–Crippen LogP) is 6.22. The molecule has 11 heteroatoms. The molecule has 2 N–H and O–H groups in total. The maximum absolute atomic E-state index is 15.2. The van der Waals surface area contributed by atoms with Crippen molar-refractivity contribution in [3.8, 4) is 0 Å². The molecule has 6 nitrogen and oxygen atoms in total. The largest absolute Gasteiger partial charge is 0.345 e. The molecule has 1 atom stereocenters. The summed E-state index contributed by atoms with van der Waals surface area (Å²) in [5.74, 6) is -3.72. The van der Waals surface area contributed by atoms with Crippen molar-refractivity contribution in [3.05, 3.63) is 76.1 Å². The highest BCUT2D eigenvalue weighted by molar-refractivity contribution is 7.92. The summed E-state index contributed by atoms with van der Waals surface area (Å²) in [5.41, 5.74) is -0.00281. The first-order chi connectivity index (χ1) is 16.4. The van der Waals surface area contributed by atoms with E-state index in [1.54, 1.807) is 13.0 Å². The number of fused-ring (bicyclic) bond motifs is 1. The molecule has 0 saturated carbocycles. The second-order valence-electron chi connectivity index (χ2n) is 8.42. The summed E-state index contributed by atoms with van der Waals surface area (Å²) >= 11 is 13.0. The SMILES string of the molecule is CCCS(=O)(=O)Nc1ccc(F)c(C(=O)c2c[nH]c3ncc(C4=CCC(C)(Cl)C=C4)c(Cl)c23)c1F. The van der Waals surface area contributed by atoms with Gasteiger partial charge in [-0.3, -0.25) is 9.52 Å². The maximum Gasteiger partial charge on any atom is 0.232 e. The molecule has 1 aliphatic carbocycles. The molecule has 2 aromatic heterocycles. The van der Waals surface area contributed by atoms with Crippen molar-refractivity contribution in [2.75, 3.05) is 10.5 Å². The fourth-order valence-corrected chi connectivity index (χ4v) is 5.43. The summed E-state index contributed by atoms with van der Waals surface area (Å²) in [6.07, 6.45) is 9.15. The minimum Gasteiger partial charge on any atom is -0.345 e. The molecule has 35 heavy (non-hydrogen) atoms. The summed E-state index contributed by atoms with van der Waals surface area (Å²) in [6.45, 7) is 3.51. The van der Waals surface area contributed by atoms with Crippen molar-refractivity contribution in [3.63, 3.8) is 0 Å². The monoisotopic (exact) mass is 539 g/mol. The Labute approximate surface area is 211 Å². The zero-order chi connectivity index (χ0) is 25.5. The Balaban J connectivity index is 1.80. The molecule has 0 saturated heterocycles. The average molecular weight is 540 g/mol. The molecule has 4 rings (SSSR count). The smallest absolute Gasteiger partial charge is 0.232 e. The van der Waals surface area contributed by atoms with Gasteiger partial charge in [0.05, 0.1) is 32.5 Å². The molecule has 184 valence electrons. The number of alkyl halides is 1. The lowest BCUT2D eigenvalue weighted by Gasteiger charge is -2.20. The van der Waals surface area contributed by atoms with Gasteiger partial charge in [-0.25, -0.2) is 22.2 Å². The van der Waals surface area contributed by atoms with Gasteiger partial charge in [-0.05, 0) is 37.5 Å². The lowest BCUT2D eigenvalue weighted by atomic mass is 9.93. The molecule has 0 radical (unpaired) electrons. The molecule has 0 bridgehead atoms. The van der Waals surface area contributed by atoms with Crippen molar-refractivity contribution in [2.24, 2.45) is 0 Å². The van der Waals surface area contributed by atoms with E-state index < -0.39 is 43.6 Å². The fourth-order valence-electron chi connectivity index (χ4n) is 3.81. The van der Waals surface area contributed by atoms with E-state index in [9.17, 15) is 17.6 Å². The molecule has 1 unspecified atom stereocenters. The van der Waals surface area contributed by atoms with Gasteiger partial charge in [-0.15, -0.1) is 11.6 Å². The zero-order valence-electron chi connectivity index (χ0n) is 18.8. The molecule has 1 aliphatic rings. The first-order valence-corrected chi connectivity index (χ1v) is 13.1. The van der Waals surface area contributed by atoms with E-state index in [0.717, 1.165) is 17.7 Å². The number of allylic oxidation sites excluding steroid dienone is 4. The highest BCUT2D eigenvalue weighted by Gasteiger charge is 2.28. The highest BCUT2D eigenvalue weighted by atomic mass is 35.5. The molecular formula is C24H21Cl2F2N3O3S. The molecular weight excluding hydrogens is 519 g/mol. The number of ketones is 1. The minimum absolute atomic E-state index is 0.103. The number of H-pyrrole nitrogens is 1. The number of nitrogens with zero attached hydrogens (tertiary/aromatic N) is 1. The minimum atomic E-state index is -3.87. The molecule has 3 aromatic rings. The number of benzene rings is 1. The van der Waals surface area contributed by atoms with E-state index in [2.05, 4.69) is 14.7 Å². The van der Waals surface area contributed by atoms with Crippen LogP contribution in [0.15, 0.2) is 42.8 Å². The lowest BCUT2D eigenvalue weighted by molar-refractivity contribution is 0.103. The molecule has 0 aliphatic heterocycles. The zero-order valence-corrected chi connectivity index (χ0v) is 21.1. The van der Waals surface area contributed by atoms with Gasteiger partial charge in [0.1, 0.15) is 11.5 Å². The van der Waals surface area contributed by atoms with Gasteiger partial charge in [0.15, 0.2) is 5.82 Å². The summed E-state index contributed by atoms with van der Waals surface area (Å²) in [7, 11) is -3.87. The van der Waals surface area contributed by atoms with Crippen LogP contribution in [0, 0.1) is 11.6 Å². The Bertz CT molecular complexity index is 1510. The van der Waals surface area contributed by atoms with Gasteiger partial charge >= 0.3 is 0 Å². The van der Waals surface area contributed by atoms with Crippen LogP contribution in [-0.2, 0) is 10.0 Å². The van der Waals surface area contributed by atoms with Crippen molar-refractivity contribution in [2.45, 2.75) is 31.6 Å². The van der Waals surface area contributed by atoms with Gasteiger partial charge in [-0.2, -0.15) is 0 Å². The summed E-state index contributed by atoms with van der Waals surface area (Å²) < 4.78 is 56.1. The third-order valence-electron chi connectivity index (χ3n) is 5.58. The Hall–Kier alpha value is -2.75. The molecule has 1 aromatic carbocycles. The number of aromatic amines is 1. The van der Waals surface area contributed by atoms with Crippen LogP contribution in [0.2, 0.25) is 5.02 Å². The van der Waals surface area contributed by atoms with Gasteiger partial charge in [0.25, 0.3) is 0 Å². The number of carbonyl (C=O) groups is 1. The van der Waals surface area contributed by atoms with Gasteiger partial charge in [0, 0.05) is 23.3 Å². The number of sulfonamides is 1. The first kappa shape index (κ1) is 25.3. The Morgan fingerprint density at radius 1 is 1.31 bits per heavy atom. The maximum atomic E-state index is 15.2. The van der Waals surface area contributed by atoms with Crippen LogP contribution >= 0.6 is 23.2 Å². The quantitative estimate of drug-likeness (QED) is 0.275. The third kappa shape index (κ3) is 4.98. The molecule has 0 amide bonds. The van der Waals surface area contributed by atoms with Gasteiger partial charge in [-0.1, -0.05) is 36.8 Å². The number of anilines is 1. The van der Waals surface area contributed by atoms with Crippen LogP contribution in [0.4, 0.5) is 14.5 Å². The summed E-state index contributed by atoms with van der Waals surface area (Å²) in [6, 6.07) is 1.77. The van der Waals surface area contributed by atoms with Crippen molar-refractivity contribution < 1.29 is 22.0 Å². The summed E-state index contributed by atoms with van der Waals surface area (Å²) in [4.78, 5) is 19.9. The fraction of sp³-hybridized carbons (Fsp3) is 0.250. The van der Waals surface area contributed by atoms with E-state index in [4.69, 9.17) is 23.2 Å². The van der Waals surface area contributed by atoms with Gasteiger partial charge < -0.3 is 4.98 Å². The topological polar surface area (TPSA) is 91.9 Å². The predicted molar refractivity (Wildman–Crippen MR) is 135 cm³/mol. The van der Waals surface area contributed by atoms with E-state index in [1.165, 1.54) is 12.4 Å². The van der Waals surface area contributed by atoms with Crippen molar-refractivity contribution in [1.29, 1.82) is 0 Å². The van der Waals surface area contributed by atoms with Crippen LogP contribution in [0.3, 0.4) is 0 Å². The molecule has 0 fully saturated rings. The van der Waals surface area contributed by atoms with Crippen molar-refractivity contribution in [1.82, 2.24) is 9.97 Å². The van der Waals surface area contributed by atoms with Gasteiger partial charge in [0.2, 0.25) is 15.8 Å². The van der Waals surface area contributed by atoms with E-state index in [1.807, 2.05) is 19.1 Å². The van der Waals surface area contributed by atoms with Crippen LogP contribution in [0.1, 0.15) is 48.2 Å². The Kier molecular flexibility index (Phi) is 6.78. The Morgan fingerprint density at radius 2 is 2.06 bits per heavy atom. The van der Waals surface area contributed by atoms with E-state index >= 15 is 4.39 Å². The summed E-state index contributed by atoms with van der Waals surface area (Å²) in [5, 5.41) is 0.368. The van der Waals surface area contributed by atoms with Crippen LogP contribution < -0.4 is 4.72 Å². The third-order valence-corrected chi connectivity index (χ3v) is 7.73. The Morgan fingerprint density at radius 3 is 2.71 bits per heavy atom. The molecule has 0 spiro atoms. The number of hydrogen-bond donors (Lipinski definition) is 2. The van der Waals surface area contributed by atoms with E-state index in [-0.39, 0.29) is 27.4 Å². The second-order valence-corrected chi connectivity index (χ2v) is 11.5. The number of hydrogen-bond acceptors (Lipinski definition) is 4. The number of rotatable bonds is 7. The molecule has 2 heterocycles. The second kappa shape index (κ2) is 9.37. The van der Waals surface area contributed by atoms with Crippen LogP contribution in [-0.4, -0.2) is 34.8 Å². The number of halogens is 4. The average Bonchev–Trinajstić information content (AvgIpc) is 3.21. The number of nitrogens with one attached hydrogen (secondary N) is 2. The number of carbonyl (C=O) groups excluding carboxylic acids is 1. The van der Waals surface area contributed by atoms with Crippen molar-refractivity contribution >= 4 is 61.3 Å². The van der Waals surface area contributed by atoms with Crippen LogP contribution in [0.5, 0.6) is 0 Å². The number of aromatic nitrogens is 2. The standard InChI is InChI=1S/C24H21Cl2F2N3O3S/c1-3-10-35(33,34)31-17-5-4-16(27)19(21(17)28)22(32)15-12-30-23-18(15)20(25)14(11-29-23)13-6-8-24(2,26)9-7-13/h4-8,11-12,31H,3,9-10H2,1-2H3,(H,29,30). The number of pyridine rings is 1. The highest BCUT2D eigenvalue weighted by Crippen LogP contribution is 2.38. The van der Waals surface area contributed by atoms with E-state index in [0.29, 0.717) is 18.4 Å². The first-order valence-electron chi connectivity index (χ1n) is 10.7. The van der Waals surface area contributed by atoms with Crippen LogP contribution in [0.25, 0.3) is 16.6 Å².